The summed E-state index contributed by atoms with van der Waals surface area (Å²) in [5.41, 5.74) is 0.803. The monoisotopic (exact) mass is 334 g/mol. The molecule has 1 aliphatic rings. The molecule has 8 heteroatoms. The van der Waals surface area contributed by atoms with Gasteiger partial charge < -0.3 is 24.1 Å². The van der Waals surface area contributed by atoms with Crippen LogP contribution in [-0.2, 0) is 4.74 Å². The Labute approximate surface area is 140 Å². The standard InChI is InChI=1S/C16H22N4O4/c1-21-13-4-3-12(11-14(13)22-2)15-18-16(24-19-15)17-5-6-20-7-9-23-10-8-20/h3-4,11H,5-10H2,1-2H3,(H,17,18,19). The van der Waals surface area contributed by atoms with Crippen LogP contribution in [0.25, 0.3) is 11.4 Å². The molecule has 130 valence electrons. The van der Waals surface area contributed by atoms with Gasteiger partial charge in [0.1, 0.15) is 0 Å². The van der Waals surface area contributed by atoms with Gasteiger partial charge in [-0.3, -0.25) is 4.90 Å². The van der Waals surface area contributed by atoms with Crippen molar-refractivity contribution < 1.29 is 18.7 Å². The van der Waals surface area contributed by atoms with Gasteiger partial charge in [-0.25, -0.2) is 0 Å². The van der Waals surface area contributed by atoms with Crippen molar-refractivity contribution in [3.05, 3.63) is 18.2 Å². The molecule has 0 bridgehead atoms. The molecule has 3 rings (SSSR count). The van der Waals surface area contributed by atoms with Crippen molar-refractivity contribution in [1.82, 2.24) is 15.0 Å². The maximum Gasteiger partial charge on any atom is 0.321 e. The predicted molar refractivity (Wildman–Crippen MR) is 88.6 cm³/mol. The van der Waals surface area contributed by atoms with Gasteiger partial charge >= 0.3 is 6.01 Å². The van der Waals surface area contributed by atoms with Crippen molar-refractivity contribution in [2.75, 3.05) is 58.9 Å². The van der Waals surface area contributed by atoms with Gasteiger partial charge in [-0.1, -0.05) is 5.16 Å². The minimum atomic E-state index is 0.410. The van der Waals surface area contributed by atoms with Crippen LogP contribution in [0.5, 0.6) is 11.5 Å². The first-order chi connectivity index (χ1) is 11.8. The second-order valence-electron chi connectivity index (χ2n) is 5.37. The fourth-order valence-electron chi connectivity index (χ4n) is 2.53. The van der Waals surface area contributed by atoms with Crippen LogP contribution in [0.1, 0.15) is 0 Å². The Hall–Kier alpha value is -2.32. The quantitative estimate of drug-likeness (QED) is 0.816. The molecule has 1 aliphatic heterocycles. The smallest absolute Gasteiger partial charge is 0.321 e. The lowest BCUT2D eigenvalue weighted by atomic mass is 10.2. The topological polar surface area (TPSA) is 81.9 Å². The lowest BCUT2D eigenvalue weighted by Gasteiger charge is -2.26. The molecule has 0 aliphatic carbocycles. The van der Waals surface area contributed by atoms with Crippen LogP contribution in [0.15, 0.2) is 22.7 Å². The van der Waals surface area contributed by atoms with Crippen LogP contribution in [0.2, 0.25) is 0 Å². The molecule has 1 aromatic heterocycles. The van der Waals surface area contributed by atoms with Crippen LogP contribution in [0.4, 0.5) is 6.01 Å². The Kier molecular flexibility index (Phi) is 5.50. The molecule has 0 amide bonds. The minimum Gasteiger partial charge on any atom is -0.493 e. The molecular formula is C16H22N4O4. The number of nitrogens with one attached hydrogen (secondary N) is 1. The van der Waals surface area contributed by atoms with Crippen molar-refractivity contribution in [2.24, 2.45) is 0 Å². The van der Waals surface area contributed by atoms with Gasteiger partial charge in [0.2, 0.25) is 5.82 Å². The third-order valence-corrected chi connectivity index (χ3v) is 3.88. The summed E-state index contributed by atoms with van der Waals surface area (Å²) in [5, 5.41) is 7.16. The summed E-state index contributed by atoms with van der Waals surface area (Å²) in [4.78, 5) is 6.70. The number of ether oxygens (including phenoxy) is 3. The zero-order valence-electron chi connectivity index (χ0n) is 13.9. The third-order valence-electron chi connectivity index (χ3n) is 3.88. The van der Waals surface area contributed by atoms with E-state index in [1.54, 1.807) is 14.2 Å². The van der Waals surface area contributed by atoms with Crippen LogP contribution < -0.4 is 14.8 Å². The number of rotatable bonds is 7. The van der Waals surface area contributed by atoms with E-state index in [4.69, 9.17) is 18.7 Å². The van der Waals surface area contributed by atoms with Gasteiger partial charge in [-0.15, -0.1) is 0 Å². The van der Waals surface area contributed by atoms with Gasteiger partial charge in [0.05, 0.1) is 27.4 Å². The molecule has 1 fully saturated rings. The van der Waals surface area contributed by atoms with Crippen molar-refractivity contribution in [3.8, 4) is 22.9 Å². The van der Waals surface area contributed by atoms with Crippen molar-refractivity contribution in [1.29, 1.82) is 0 Å². The van der Waals surface area contributed by atoms with E-state index in [9.17, 15) is 0 Å². The van der Waals surface area contributed by atoms with E-state index in [0.29, 0.717) is 23.3 Å². The van der Waals surface area contributed by atoms with Crippen molar-refractivity contribution in [3.63, 3.8) is 0 Å². The Morgan fingerprint density at radius 1 is 1.17 bits per heavy atom. The lowest BCUT2D eigenvalue weighted by molar-refractivity contribution is 0.0398. The highest BCUT2D eigenvalue weighted by atomic mass is 16.5. The normalized spacial score (nSPS) is 15.2. The number of aromatic nitrogens is 2. The van der Waals surface area contributed by atoms with Crippen LogP contribution in [-0.4, -0.2) is 68.7 Å². The van der Waals surface area contributed by atoms with E-state index in [1.807, 2.05) is 18.2 Å². The van der Waals surface area contributed by atoms with E-state index in [2.05, 4.69) is 20.4 Å². The molecule has 2 heterocycles. The van der Waals surface area contributed by atoms with Gasteiger partial charge in [-0.2, -0.15) is 4.98 Å². The number of benzene rings is 1. The number of nitrogens with zero attached hydrogens (tertiary/aromatic N) is 3. The summed E-state index contributed by atoms with van der Waals surface area (Å²) in [6, 6.07) is 5.91. The molecule has 0 saturated carbocycles. The Morgan fingerprint density at radius 2 is 1.96 bits per heavy atom. The molecule has 0 atom stereocenters. The molecule has 1 N–H and O–H groups in total. The summed E-state index contributed by atoms with van der Waals surface area (Å²) >= 11 is 0. The summed E-state index contributed by atoms with van der Waals surface area (Å²) in [6.45, 7) is 5.17. The molecule has 2 aromatic rings. The fourth-order valence-corrected chi connectivity index (χ4v) is 2.53. The number of morpholine rings is 1. The molecule has 0 unspecified atom stereocenters. The number of methoxy groups -OCH3 is 2. The molecule has 0 spiro atoms. The average molecular weight is 334 g/mol. The van der Waals surface area contributed by atoms with E-state index in [-0.39, 0.29) is 0 Å². The minimum absolute atomic E-state index is 0.410. The Balaban J connectivity index is 1.58. The van der Waals surface area contributed by atoms with Crippen molar-refractivity contribution >= 4 is 6.01 Å². The number of anilines is 1. The van der Waals surface area contributed by atoms with Crippen LogP contribution in [0.3, 0.4) is 0 Å². The lowest BCUT2D eigenvalue weighted by Crippen LogP contribution is -2.39. The van der Waals surface area contributed by atoms with Gasteiger partial charge in [0.15, 0.2) is 11.5 Å². The van der Waals surface area contributed by atoms with Crippen LogP contribution >= 0.6 is 0 Å². The second kappa shape index (κ2) is 7.98. The average Bonchev–Trinajstić information content (AvgIpc) is 3.11. The SMILES string of the molecule is COc1ccc(-c2noc(NCCN3CCOCC3)n2)cc1OC. The fraction of sp³-hybridized carbons (Fsp3) is 0.500. The van der Waals surface area contributed by atoms with Crippen LogP contribution in [0, 0.1) is 0 Å². The highest BCUT2D eigenvalue weighted by molar-refractivity contribution is 5.61. The van der Waals surface area contributed by atoms with Gasteiger partial charge in [0, 0.05) is 31.7 Å². The summed E-state index contributed by atoms with van der Waals surface area (Å²) < 4.78 is 21.1. The largest absolute Gasteiger partial charge is 0.493 e. The summed E-state index contributed by atoms with van der Waals surface area (Å²) in [6.07, 6.45) is 0. The van der Waals surface area contributed by atoms with Gasteiger partial charge in [-0.05, 0) is 18.2 Å². The van der Waals surface area contributed by atoms with E-state index >= 15 is 0 Å². The highest BCUT2D eigenvalue weighted by Gasteiger charge is 2.13. The summed E-state index contributed by atoms with van der Waals surface area (Å²) in [5.74, 6) is 1.79. The molecule has 0 radical (unpaired) electrons. The van der Waals surface area contributed by atoms with Gasteiger partial charge in [0.25, 0.3) is 0 Å². The number of hydrogen-bond acceptors (Lipinski definition) is 8. The predicted octanol–water partition coefficient (Wildman–Crippen LogP) is 1.50. The number of hydrogen-bond donors (Lipinski definition) is 1. The molecule has 24 heavy (non-hydrogen) atoms. The highest BCUT2D eigenvalue weighted by Crippen LogP contribution is 2.31. The second-order valence-corrected chi connectivity index (χ2v) is 5.37. The molecular weight excluding hydrogens is 312 g/mol. The Bertz CT molecular complexity index is 655. The van der Waals surface area contributed by atoms with E-state index in [1.165, 1.54) is 0 Å². The Morgan fingerprint density at radius 3 is 2.71 bits per heavy atom. The maximum absolute atomic E-state index is 5.33. The first kappa shape index (κ1) is 16.5. The maximum atomic E-state index is 5.33. The first-order valence-corrected chi connectivity index (χ1v) is 7.90. The molecule has 1 saturated heterocycles. The summed E-state index contributed by atoms with van der Waals surface area (Å²) in [7, 11) is 3.19. The molecule has 1 aromatic carbocycles. The first-order valence-electron chi connectivity index (χ1n) is 7.90. The van der Waals surface area contributed by atoms with E-state index < -0.39 is 0 Å². The van der Waals surface area contributed by atoms with E-state index in [0.717, 1.165) is 45.0 Å². The van der Waals surface area contributed by atoms with Crippen molar-refractivity contribution in [2.45, 2.75) is 0 Å². The zero-order valence-corrected chi connectivity index (χ0v) is 13.9. The third kappa shape index (κ3) is 3.95. The zero-order chi connectivity index (χ0) is 16.8. The molecule has 8 nitrogen and oxygen atoms in total.